The second kappa shape index (κ2) is 5.79. The monoisotopic (exact) mass is 297 g/mol. The molecule has 0 bridgehead atoms. The van der Waals surface area contributed by atoms with Crippen LogP contribution < -0.4 is 10.0 Å². The van der Waals surface area contributed by atoms with Gasteiger partial charge in [-0.15, -0.1) is 0 Å². The highest BCUT2D eigenvalue weighted by Gasteiger charge is 2.45. The van der Waals surface area contributed by atoms with Crippen LogP contribution in [0.15, 0.2) is 23.4 Å². The number of aromatic nitrogens is 1. The average Bonchev–Trinajstić information content (AvgIpc) is 3.19. The van der Waals surface area contributed by atoms with Crippen molar-refractivity contribution in [1.82, 2.24) is 15.0 Å². The van der Waals surface area contributed by atoms with Crippen molar-refractivity contribution in [3.05, 3.63) is 23.9 Å². The summed E-state index contributed by atoms with van der Waals surface area (Å²) < 4.78 is 27.1. The first-order chi connectivity index (χ1) is 9.39. The molecule has 6 heteroatoms. The van der Waals surface area contributed by atoms with Crippen LogP contribution in [0.25, 0.3) is 0 Å². The van der Waals surface area contributed by atoms with Crippen LogP contribution in [0.5, 0.6) is 0 Å². The molecule has 5 nitrogen and oxygen atoms in total. The quantitative estimate of drug-likeness (QED) is 0.800. The van der Waals surface area contributed by atoms with Crippen molar-refractivity contribution in [2.75, 3.05) is 13.6 Å². The van der Waals surface area contributed by atoms with Crippen molar-refractivity contribution in [2.45, 2.75) is 38.3 Å². The molecule has 0 unspecified atom stereocenters. The first kappa shape index (κ1) is 15.4. The zero-order chi connectivity index (χ0) is 14.8. The van der Waals surface area contributed by atoms with Gasteiger partial charge in [0.25, 0.3) is 10.0 Å². The molecule has 0 atom stereocenters. The molecule has 0 saturated heterocycles. The van der Waals surface area contributed by atoms with Gasteiger partial charge in [0.15, 0.2) is 5.03 Å². The predicted molar refractivity (Wildman–Crippen MR) is 78.7 cm³/mol. The van der Waals surface area contributed by atoms with Crippen LogP contribution in [0, 0.1) is 11.3 Å². The Morgan fingerprint density at radius 2 is 2.05 bits per heavy atom. The van der Waals surface area contributed by atoms with Gasteiger partial charge in [0.2, 0.25) is 0 Å². The standard InChI is InChI=1S/C14H23N3O2S/c1-11(2)14(6-7-14)10-17-20(18,19)13-5-4-12(8-15-3)9-16-13/h4-5,9,11,15,17H,6-8,10H2,1-3H3. The molecule has 2 N–H and O–H groups in total. The van der Waals surface area contributed by atoms with Crippen molar-refractivity contribution in [3.8, 4) is 0 Å². The van der Waals surface area contributed by atoms with Gasteiger partial charge in [0.05, 0.1) is 0 Å². The minimum Gasteiger partial charge on any atom is -0.316 e. The topological polar surface area (TPSA) is 71.1 Å². The molecule has 1 aliphatic carbocycles. The van der Waals surface area contributed by atoms with Gasteiger partial charge < -0.3 is 5.32 Å². The number of hydrogen-bond donors (Lipinski definition) is 2. The Hall–Kier alpha value is -0.980. The molecule has 20 heavy (non-hydrogen) atoms. The summed E-state index contributed by atoms with van der Waals surface area (Å²) in [5, 5.41) is 3.10. The minimum atomic E-state index is -3.50. The third-order valence-corrected chi connectivity index (χ3v) is 5.50. The van der Waals surface area contributed by atoms with Crippen molar-refractivity contribution in [3.63, 3.8) is 0 Å². The lowest BCUT2D eigenvalue weighted by Crippen LogP contribution is -2.33. The average molecular weight is 297 g/mol. The van der Waals surface area contributed by atoms with E-state index in [0.717, 1.165) is 18.4 Å². The van der Waals surface area contributed by atoms with E-state index < -0.39 is 10.0 Å². The van der Waals surface area contributed by atoms with Crippen molar-refractivity contribution >= 4 is 10.0 Å². The fraction of sp³-hybridized carbons (Fsp3) is 0.643. The second-order valence-corrected chi connectivity index (χ2v) is 7.59. The Kier molecular flexibility index (Phi) is 4.46. The second-order valence-electron chi connectivity index (χ2n) is 5.88. The maximum Gasteiger partial charge on any atom is 0.258 e. The summed E-state index contributed by atoms with van der Waals surface area (Å²) >= 11 is 0. The highest BCUT2D eigenvalue weighted by Crippen LogP contribution is 2.51. The van der Waals surface area contributed by atoms with Crippen molar-refractivity contribution in [2.24, 2.45) is 11.3 Å². The molecule has 1 heterocycles. The molecule has 1 aromatic rings. The van der Waals surface area contributed by atoms with Crippen LogP contribution in [-0.4, -0.2) is 27.0 Å². The Morgan fingerprint density at radius 1 is 1.35 bits per heavy atom. The number of rotatable bonds is 7. The van der Waals surface area contributed by atoms with Gasteiger partial charge in [0.1, 0.15) is 0 Å². The van der Waals surface area contributed by atoms with Gasteiger partial charge in [-0.1, -0.05) is 19.9 Å². The molecular formula is C14H23N3O2S. The highest BCUT2D eigenvalue weighted by atomic mass is 32.2. The molecule has 1 fully saturated rings. The van der Waals surface area contributed by atoms with E-state index in [0.29, 0.717) is 19.0 Å². The number of nitrogens with one attached hydrogen (secondary N) is 2. The van der Waals surface area contributed by atoms with E-state index in [1.165, 1.54) is 0 Å². The molecule has 1 aliphatic rings. The van der Waals surface area contributed by atoms with E-state index in [9.17, 15) is 8.42 Å². The first-order valence-corrected chi connectivity index (χ1v) is 8.47. The largest absolute Gasteiger partial charge is 0.316 e. The minimum absolute atomic E-state index is 0.0944. The Labute approximate surface area is 121 Å². The van der Waals surface area contributed by atoms with E-state index in [1.54, 1.807) is 18.3 Å². The molecular weight excluding hydrogens is 274 g/mol. The van der Waals surface area contributed by atoms with Crippen LogP contribution in [0.1, 0.15) is 32.3 Å². The number of nitrogens with zero attached hydrogens (tertiary/aromatic N) is 1. The normalized spacial score (nSPS) is 17.4. The van der Waals surface area contributed by atoms with Gasteiger partial charge in [-0.25, -0.2) is 18.1 Å². The summed E-state index contributed by atoms with van der Waals surface area (Å²) in [6.07, 6.45) is 3.80. The third kappa shape index (κ3) is 3.37. The third-order valence-electron chi connectivity index (χ3n) is 4.19. The van der Waals surface area contributed by atoms with Crippen LogP contribution in [0.4, 0.5) is 0 Å². The van der Waals surface area contributed by atoms with Gasteiger partial charge in [-0.3, -0.25) is 0 Å². The Balaban J connectivity index is 2.03. The van der Waals surface area contributed by atoms with Crippen LogP contribution >= 0.6 is 0 Å². The fourth-order valence-electron chi connectivity index (χ4n) is 2.31. The molecule has 0 amide bonds. The van der Waals surface area contributed by atoms with Crippen molar-refractivity contribution in [1.29, 1.82) is 0 Å². The summed E-state index contributed by atoms with van der Waals surface area (Å²) in [5.41, 5.74) is 1.12. The first-order valence-electron chi connectivity index (χ1n) is 6.99. The molecule has 0 radical (unpaired) electrons. The highest BCUT2D eigenvalue weighted by molar-refractivity contribution is 7.89. The van der Waals surface area contributed by atoms with Gasteiger partial charge >= 0.3 is 0 Å². The van der Waals surface area contributed by atoms with Crippen LogP contribution in [0.2, 0.25) is 0 Å². The summed E-state index contributed by atoms with van der Waals surface area (Å²) in [7, 11) is -1.66. The summed E-state index contributed by atoms with van der Waals surface area (Å²) in [6.45, 7) is 5.47. The zero-order valence-corrected chi connectivity index (χ0v) is 13.1. The smallest absolute Gasteiger partial charge is 0.258 e. The molecule has 0 aromatic carbocycles. The molecule has 0 aliphatic heterocycles. The number of pyridine rings is 1. The lowest BCUT2D eigenvalue weighted by Gasteiger charge is -2.19. The summed E-state index contributed by atoms with van der Waals surface area (Å²) in [6, 6.07) is 3.34. The van der Waals surface area contributed by atoms with E-state index in [1.807, 2.05) is 7.05 Å². The fourth-order valence-corrected chi connectivity index (χ4v) is 3.37. The number of sulfonamides is 1. The predicted octanol–water partition coefficient (Wildman–Crippen LogP) is 1.52. The summed E-state index contributed by atoms with van der Waals surface area (Å²) in [4.78, 5) is 4.04. The molecule has 0 spiro atoms. The maximum absolute atomic E-state index is 12.2. The van der Waals surface area contributed by atoms with Gasteiger partial charge in [-0.2, -0.15) is 0 Å². The van der Waals surface area contributed by atoms with E-state index in [-0.39, 0.29) is 10.4 Å². The van der Waals surface area contributed by atoms with Crippen LogP contribution in [0.3, 0.4) is 0 Å². The Morgan fingerprint density at radius 3 is 2.50 bits per heavy atom. The Bertz CT molecular complexity index is 548. The molecule has 1 saturated carbocycles. The van der Waals surface area contributed by atoms with Gasteiger partial charge in [0, 0.05) is 19.3 Å². The van der Waals surface area contributed by atoms with E-state index >= 15 is 0 Å². The van der Waals surface area contributed by atoms with E-state index in [4.69, 9.17) is 0 Å². The maximum atomic E-state index is 12.2. The number of hydrogen-bond acceptors (Lipinski definition) is 4. The van der Waals surface area contributed by atoms with Crippen LogP contribution in [-0.2, 0) is 16.6 Å². The lowest BCUT2D eigenvalue weighted by molar-refractivity contribution is 0.357. The molecule has 112 valence electrons. The van der Waals surface area contributed by atoms with Gasteiger partial charge in [-0.05, 0) is 42.9 Å². The van der Waals surface area contributed by atoms with Crippen molar-refractivity contribution < 1.29 is 8.42 Å². The van der Waals surface area contributed by atoms with E-state index in [2.05, 4.69) is 28.9 Å². The summed E-state index contributed by atoms with van der Waals surface area (Å²) in [5.74, 6) is 0.496. The molecule has 2 rings (SSSR count). The lowest BCUT2D eigenvalue weighted by atomic mass is 9.93. The SMILES string of the molecule is CNCc1ccc(S(=O)(=O)NCC2(C(C)C)CC2)nc1. The zero-order valence-electron chi connectivity index (χ0n) is 12.3. The molecule has 1 aromatic heterocycles.